The van der Waals surface area contributed by atoms with Gasteiger partial charge in [0.05, 0.1) is 7.11 Å². The molecule has 0 unspecified atom stereocenters. The van der Waals surface area contributed by atoms with Gasteiger partial charge in [0.15, 0.2) is 17.3 Å². The molecule has 1 heterocycles. The molecule has 2 aromatic carbocycles. The summed E-state index contributed by atoms with van der Waals surface area (Å²) in [5, 5.41) is 11.0. The van der Waals surface area contributed by atoms with Crippen molar-refractivity contribution < 1.29 is 14.3 Å². The molecule has 8 nitrogen and oxygen atoms in total. The van der Waals surface area contributed by atoms with E-state index in [2.05, 4.69) is 20.5 Å². The zero-order valence-corrected chi connectivity index (χ0v) is 18.6. The molecule has 0 saturated heterocycles. The maximum Gasteiger partial charge on any atom is 0.273 e. The van der Waals surface area contributed by atoms with Crippen molar-refractivity contribution in [3.05, 3.63) is 70.1 Å². The Morgan fingerprint density at radius 1 is 1.09 bits per heavy atom. The van der Waals surface area contributed by atoms with Crippen molar-refractivity contribution in [1.29, 1.82) is 0 Å². The molecule has 168 valence electrons. The van der Waals surface area contributed by atoms with Crippen molar-refractivity contribution in [2.45, 2.75) is 33.3 Å². The molecule has 0 aliphatic carbocycles. The Morgan fingerprint density at radius 3 is 2.56 bits per heavy atom. The molecule has 1 aromatic heterocycles. The van der Waals surface area contributed by atoms with E-state index in [4.69, 9.17) is 9.47 Å². The highest BCUT2D eigenvalue weighted by Crippen LogP contribution is 2.31. The number of ether oxygens (including phenoxy) is 2. The number of methoxy groups -OCH3 is 1. The molecule has 0 atom stereocenters. The molecule has 0 radical (unpaired) electrons. The van der Waals surface area contributed by atoms with Crippen molar-refractivity contribution in [3.8, 4) is 22.9 Å². The molecule has 0 aliphatic heterocycles. The molecular formula is C24H28N4O4. The number of aryl methyl sites for hydroxylation is 1. The maximum atomic E-state index is 12.4. The molecule has 2 N–H and O–H groups in total. The summed E-state index contributed by atoms with van der Waals surface area (Å²) in [7, 11) is 1.55. The van der Waals surface area contributed by atoms with E-state index >= 15 is 0 Å². The molecule has 8 heteroatoms. The predicted molar refractivity (Wildman–Crippen MR) is 122 cm³/mol. The summed E-state index contributed by atoms with van der Waals surface area (Å²) in [4.78, 5) is 27.0. The zero-order chi connectivity index (χ0) is 22.9. The number of nitrogens with zero attached hydrogens (tertiary/aromatic N) is 2. The van der Waals surface area contributed by atoms with Gasteiger partial charge in [0.25, 0.3) is 5.56 Å². The Bertz CT molecular complexity index is 1100. The summed E-state index contributed by atoms with van der Waals surface area (Å²) < 4.78 is 11.3. The molecule has 0 saturated carbocycles. The van der Waals surface area contributed by atoms with Gasteiger partial charge in [-0.15, -0.1) is 10.2 Å². The Morgan fingerprint density at radius 2 is 1.88 bits per heavy atom. The van der Waals surface area contributed by atoms with E-state index in [1.54, 1.807) is 25.3 Å². The number of nitrogens with one attached hydrogen (secondary N) is 2. The van der Waals surface area contributed by atoms with Crippen molar-refractivity contribution in [2.75, 3.05) is 13.7 Å². The van der Waals surface area contributed by atoms with E-state index in [0.29, 0.717) is 42.0 Å². The molecule has 3 rings (SSSR count). The van der Waals surface area contributed by atoms with Crippen LogP contribution in [-0.4, -0.2) is 34.7 Å². The third kappa shape index (κ3) is 6.41. The third-order valence-electron chi connectivity index (χ3n) is 4.74. The van der Waals surface area contributed by atoms with Crippen molar-refractivity contribution >= 4 is 5.91 Å². The summed E-state index contributed by atoms with van der Waals surface area (Å²) in [6.45, 7) is 5.05. The van der Waals surface area contributed by atoms with Crippen LogP contribution >= 0.6 is 0 Å². The monoisotopic (exact) mass is 436 g/mol. The molecule has 0 fully saturated rings. The highest BCUT2D eigenvalue weighted by atomic mass is 16.5. The number of H-pyrrole nitrogens is 1. The van der Waals surface area contributed by atoms with Gasteiger partial charge in [-0.2, -0.15) is 0 Å². The van der Waals surface area contributed by atoms with Crippen LogP contribution in [0.1, 0.15) is 31.5 Å². The van der Waals surface area contributed by atoms with Crippen LogP contribution in [0.25, 0.3) is 11.4 Å². The lowest BCUT2D eigenvalue weighted by molar-refractivity contribution is -0.121. The highest BCUT2D eigenvalue weighted by molar-refractivity contribution is 5.76. The topological polar surface area (TPSA) is 106 Å². The maximum absolute atomic E-state index is 12.4. The van der Waals surface area contributed by atoms with Crippen LogP contribution in [-0.2, 0) is 17.8 Å². The fourth-order valence-corrected chi connectivity index (χ4v) is 2.96. The molecule has 3 aromatic rings. The van der Waals surface area contributed by atoms with Crippen LogP contribution < -0.4 is 20.3 Å². The van der Waals surface area contributed by atoms with Gasteiger partial charge in [0.1, 0.15) is 12.3 Å². The van der Waals surface area contributed by atoms with Crippen LogP contribution in [0.2, 0.25) is 0 Å². The van der Waals surface area contributed by atoms with Crippen molar-refractivity contribution in [1.82, 2.24) is 20.5 Å². The van der Waals surface area contributed by atoms with E-state index in [1.807, 2.05) is 44.2 Å². The third-order valence-corrected chi connectivity index (χ3v) is 4.74. The number of carbonyl (C=O) groups excluding carboxylic acids is 1. The van der Waals surface area contributed by atoms with Crippen LogP contribution in [0.4, 0.5) is 0 Å². The molecular weight excluding hydrogens is 408 g/mol. The Balaban J connectivity index is 1.67. The van der Waals surface area contributed by atoms with Gasteiger partial charge in [-0.3, -0.25) is 9.59 Å². The first-order valence-electron chi connectivity index (χ1n) is 10.5. The van der Waals surface area contributed by atoms with Gasteiger partial charge in [0, 0.05) is 24.9 Å². The number of aromatic nitrogens is 3. The van der Waals surface area contributed by atoms with E-state index in [-0.39, 0.29) is 30.0 Å². The predicted octanol–water partition coefficient (Wildman–Crippen LogP) is 3.12. The minimum absolute atomic E-state index is 0.111. The second-order valence-electron chi connectivity index (χ2n) is 7.79. The van der Waals surface area contributed by atoms with Gasteiger partial charge in [-0.25, -0.2) is 0 Å². The zero-order valence-electron chi connectivity index (χ0n) is 18.6. The molecule has 0 bridgehead atoms. The second-order valence-corrected chi connectivity index (χ2v) is 7.79. The summed E-state index contributed by atoms with van der Waals surface area (Å²) in [5.74, 6) is 1.68. The Kier molecular flexibility index (Phi) is 7.96. The van der Waals surface area contributed by atoms with Gasteiger partial charge < -0.3 is 19.8 Å². The van der Waals surface area contributed by atoms with E-state index in [1.165, 1.54) is 0 Å². The average molecular weight is 437 g/mol. The minimum atomic E-state index is -0.366. The summed E-state index contributed by atoms with van der Waals surface area (Å²) >= 11 is 0. The smallest absolute Gasteiger partial charge is 0.273 e. The number of rotatable bonds is 10. The van der Waals surface area contributed by atoms with Crippen LogP contribution in [0, 0.1) is 5.92 Å². The summed E-state index contributed by atoms with van der Waals surface area (Å²) in [5.41, 5.74) is 1.54. The molecule has 1 amide bonds. The standard InChI is InChI=1S/C24H28N4O4/c1-16(2)14-25-22(29)12-10-19-24(30)26-23(28-27-19)18-9-11-20(21(13-18)31-3)32-15-17-7-5-4-6-8-17/h4-9,11,13,16H,10,12,14-15H2,1-3H3,(H,25,29)(H,26,28,30). The number of carbonyl (C=O) groups is 1. The lowest BCUT2D eigenvalue weighted by Gasteiger charge is -2.12. The molecule has 0 spiro atoms. The molecule has 0 aliphatic rings. The lowest BCUT2D eigenvalue weighted by Crippen LogP contribution is -2.28. The highest BCUT2D eigenvalue weighted by Gasteiger charge is 2.12. The van der Waals surface area contributed by atoms with Crippen molar-refractivity contribution in [3.63, 3.8) is 0 Å². The van der Waals surface area contributed by atoms with Crippen molar-refractivity contribution in [2.24, 2.45) is 5.92 Å². The number of aromatic amines is 1. The number of benzene rings is 2. The normalized spacial score (nSPS) is 10.8. The summed E-state index contributed by atoms with van der Waals surface area (Å²) in [6.07, 6.45) is 0.410. The van der Waals surface area contributed by atoms with E-state index in [9.17, 15) is 9.59 Å². The van der Waals surface area contributed by atoms with Gasteiger partial charge in [0.2, 0.25) is 5.91 Å². The lowest BCUT2D eigenvalue weighted by atomic mass is 10.2. The number of hydrogen-bond donors (Lipinski definition) is 2. The van der Waals surface area contributed by atoms with Gasteiger partial charge in [-0.1, -0.05) is 44.2 Å². The van der Waals surface area contributed by atoms with E-state index < -0.39 is 0 Å². The van der Waals surface area contributed by atoms with Gasteiger partial charge >= 0.3 is 0 Å². The van der Waals surface area contributed by atoms with Crippen LogP contribution in [0.15, 0.2) is 53.3 Å². The quantitative estimate of drug-likeness (QED) is 0.506. The summed E-state index contributed by atoms with van der Waals surface area (Å²) in [6, 6.07) is 15.1. The van der Waals surface area contributed by atoms with Crippen LogP contribution in [0.5, 0.6) is 11.5 Å². The number of amides is 1. The fourth-order valence-electron chi connectivity index (χ4n) is 2.96. The van der Waals surface area contributed by atoms with E-state index in [0.717, 1.165) is 5.56 Å². The number of hydrogen-bond acceptors (Lipinski definition) is 6. The van der Waals surface area contributed by atoms with Gasteiger partial charge in [-0.05, 0) is 29.7 Å². The molecule has 32 heavy (non-hydrogen) atoms. The largest absolute Gasteiger partial charge is 0.493 e. The Labute approximate surface area is 187 Å². The average Bonchev–Trinajstić information content (AvgIpc) is 2.81. The first-order valence-corrected chi connectivity index (χ1v) is 10.5. The fraction of sp³-hybridized carbons (Fsp3) is 0.333. The first kappa shape index (κ1) is 23.0. The second kappa shape index (κ2) is 11.1. The van der Waals surface area contributed by atoms with Crippen LogP contribution in [0.3, 0.4) is 0 Å². The minimum Gasteiger partial charge on any atom is -0.493 e. The SMILES string of the molecule is COc1cc(-c2nnc(CCC(=O)NCC(C)C)c(=O)[nH]2)ccc1OCc1ccccc1. The Hall–Kier alpha value is -3.68. The first-order chi connectivity index (χ1) is 15.5.